The molecule has 1 saturated heterocycles. The summed E-state index contributed by atoms with van der Waals surface area (Å²) in [6.45, 7) is 2.53. The molecule has 1 aliphatic heterocycles. The summed E-state index contributed by atoms with van der Waals surface area (Å²) in [5, 5.41) is 1.16. The molecule has 1 heterocycles. The molecule has 3 aliphatic carbocycles. The molecule has 0 bridgehead atoms. The first-order valence-electron chi connectivity index (χ1n) is 3.96. The maximum atomic E-state index is 2.53. The van der Waals surface area contributed by atoms with E-state index in [4.69, 9.17) is 0 Å². The van der Waals surface area contributed by atoms with Crippen LogP contribution in [0.2, 0.25) is 0 Å². The van der Waals surface area contributed by atoms with E-state index in [0.29, 0.717) is 0 Å². The van der Waals surface area contributed by atoms with Crippen molar-refractivity contribution in [1.29, 1.82) is 0 Å². The Balaban J connectivity index is 2.00. The number of hydrogen-bond acceptors (Lipinski definition) is 1. The van der Waals surface area contributed by atoms with Gasteiger partial charge in [-0.2, -0.15) is 0 Å². The zero-order valence-electron chi connectivity index (χ0n) is 5.55. The Morgan fingerprint density at radius 2 is 2.44 bits per heavy atom. The van der Waals surface area contributed by atoms with Crippen LogP contribution >= 0.6 is 11.8 Å². The Kier molecular flexibility index (Phi) is 0.361. The minimum Gasteiger partial charge on any atom is -0.148 e. The monoisotopic (exact) mass is 138 g/mol. The van der Waals surface area contributed by atoms with Gasteiger partial charge >= 0.3 is 0 Å². The van der Waals surface area contributed by atoms with Crippen LogP contribution < -0.4 is 0 Å². The van der Waals surface area contributed by atoms with Crippen LogP contribution in [0, 0.1) is 17.3 Å². The summed E-state index contributed by atoms with van der Waals surface area (Å²) >= 11 is 2.30. The lowest BCUT2D eigenvalue weighted by atomic mass is 10.0. The molecular formula is C8H10S. The van der Waals surface area contributed by atoms with Gasteiger partial charge in [-0.05, 0) is 30.1 Å². The van der Waals surface area contributed by atoms with Crippen LogP contribution in [0.15, 0.2) is 0 Å². The first-order chi connectivity index (χ1) is 4.28. The summed E-state index contributed by atoms with van der Waals surface area (Å²) in [5.74, 6) is 2.40. The molecule has 4 rings (SSSR count). The van der Waals surface area contributed by atoms with E-state index < -0.39 is 0 Å². The molecule has 4 fully saturated rings. The molecule has 0 aromatic heterocycles. The lowest BCUT2D eigenvalue weighted by molar-refractivity contribution is 0.493. The van der Waals surface area contributed by atoms with E-state index in [0.717, 1.165) is 15.4 Å². The van der Waals surface area contributed by atoms with Gasteiger partial charge in [-0.15, -0.1) is 11.8 Å². The molecule has 0 aromatic carbocycles. The first-order valence-corrected chi connectivity index (χ1v) is 4.84. The Hall–Kier alpha value is 0.350. The minimum absolute atomic E-state index is 0.868. The maximum absolute atomic E-state index is 2.53. The lowest BCUT2D eigenvalue weighted by Gasteiger charge is -2.02. The van der Waals surface area contributed by atoms with Gasteiger partial charge in [0, 0.05) is 10.00 Å². The fourth-order valence-electron chi connectivity index (χ4n) is 3.46. The fourth-order valence-corrected chi connectivity index (χ4v) is 5.65. The highest BCUT2D eigenvalue weighted by molar-refractivity contribution is 8.09. The molecule has 3 saturated carbocycles. The summed E-state index contributed by atoms with van der Waals surface area (Å²) in [7, 11) is 0. The van der Waals surface area contributed by atoms with Gasteiger partial charge in [0.2, 0.25) is 0 Å². The van der Waals surface area contributed by atoms with Crippen LogP contribution in [-0.2, 0) is 0 Å². The highest BCUT2D eigenvalue weighted by Crippen LogP contribution is 2.95. The van der Waals surface area contributed by atoms with Gasteiger partial charge < -0.3 is 0 Å². The zero-order chi connectivity index (χ0) is 5.85. The maximum Gasteiger partial charge on any atom is 0.0347 e. The molecule has 3 unspecified atom stereocenters. The molecule has 5 atom stereocenters. The molecule has 0 radical (unpaired) electrons. The lowest BCUT2D eigenvalue weighted by Crippen LogP contribution is -2.00. The number of fused-ring (bicyclic) bond motifs is 3. The van der Waals surface area contributed by atoms with Crippen LogP contribution in [0.4, 0.5) is 0 Å². The van der Waals surface area contributed by atoms with Crippen molar-refractivity contribution < 1.29 is 0 Å². The highest BCUT2D eigenvalue weighted by Gasteiger charge is 2.92. The Labute approximate surface area is 59.4 Å². The van der Waals surface area contributed by atoms with Gasteiger partial charge in [-0.25, -0.2) is 0 Å². The number of hydrogen-bond donors (Lipinski definition) is 0. The molecule has 0 amide bonds. The average Bonchev–Trinajstić information content (AvgIpc) is 2.59. The van der Waals surface area contributed by atoms with E-state index in [1.807, 2.05) is 0 Å². The first kappa shape index (κ1) is 4.27. The highest BCUT2D eigenvalue weighted by atomic mass is 32.2. The third kappa shape index (κ3) is 0.229. The van der Waals surface area contributed by atoms with Crippen LogP contribution in [0.1, 0.15) is 19.8 Å². The Morgan fingerprint density at radius 3 is 2.89 bits per heavy atom. The van der Waals surface area contributed by atoms with Crippen molar-refractivity contribution in [2.45, 2.75) is 29.8 Å². The van der Waals surface area contributed by atoms with Gasteiger partial charge in [0.1, 0.15) is 0 Å². The predicted octanol–water partition coefficient (Wildman–Crippen LogP) is 1.90. The molecule has 0 N–H and O–H groups in total. The second kappa shape index (κ2) is 0.761. The third-order valence-corrected chi connectivity index (χ3v) is 6.30. The molecule has 1 spiro atoms. The van der Waals surface area contributed by atoms with Gasteiger partial charge in [-0.3, -0.25) is 0 Å². The minimum atomic E-state index is 0.868. The van der Waals surface area contributed by atoms with Crippen molar-refractivity contribution in [3.05, 3.63) is 0 Å². The van der Waals surface area contributed by atoms with Crippen molar-refractivity contribution >= 4 is 11.8 Å². The van der Waals surface area contributed by atoms with Crippen LogP contribution in [0.25, 0.3) is 0 Å². The largest absolute Gasteiger partial charge is 0.148 e. The molecule has 0 nitrogen and oxygen atoms in total. The standard InChI is InChI=1S/C8H10S/c1-7-3-8(7)6(9-8)4-2-5(4)7/h4-6H,2-3H2,1H3/t4?,5?,6-,7?,8+/m1/s1. The third-order valence-electron chi connectivity index (χ3n) is 4.26. The molecule has 48 valence electrons. The van der Waals surface area contributed by atoms with Gasteiger partial charge in [0.25, 0.3) is 0 Å². The zero-order valence-corrected chi connectivity index (χ0v) is 6.37. The smallest absolute Gasteiger partial charge is 0.0347 e. The molecule has 9 heavy (non-hydrogen) atoms. The van der Waals surface area contributed by atoms with Gasteiger partial charge in [0.15, 0.2) is 0 Å². The van der Waals surface area contributed by atoms with Crippen LogP contribution in [0.3, 0.4) is 0 Å². The second-order valence-electron chi connectivity index (χ2n) is 4.53. The SMILES string of the molecule is CC12C[C@@]13S[C@@H]3C1CC12. The van der Waals surface area contributed by atoms with Gasteiger partial charge in [-0.1, -0.05) is 6.92 Å². The summed E-state index contributed by atoms with van der Waals surface area (Å²) in [6.07, 6.45) is 3.17. The van der Waals surface area contributed by atoms with Crippen LogP contribution in [0.5, 0.6) is 0 Å². The van der Waals surface area contributed by atoms with Crippen molar-refractivity contribution in [3.8, 4) is 0 Å². The van der Waals surface area contributed by atoms with Gasteiger partial charge in [0.05, 0.1) is 0 Å². The topological polar surface area (TPSA) is 0 Å². The Morgan fingerprint density at radius 1 is 1.56 bits per heavy atom. The normalized spacial score (nSPS) is 87.0. The van der Waals surface area contributed by atoms with E-state index in [-0.39, 0.29) is 0 Å². The molecule has 0 aromatic rings. The van der Waals surface area contributed by atoms with Crippen molar-refractivity contribution in [1.82, 2.24) is 0 Å². The van der Waals surface area contributed by atoms with E-state index in [1.165, 1.54) is 11.8 Å². The molecular weight excluding hydrogens is 128 g/mol. The summed E-state index contributed by atoms with van der Waals surface area (Å²) in [5.41, 5.74) is 0.868. The summed E-state index contributed by atoms with van der Waals surface area (Å²) in [4.78, 5) is 0. The summed E-state index contributed by atoms with van der Waals surface area (Å²) < 4.78 is 0.903. The number of rotatable bonds is 0. The van der Waals surface area contributed by atoms with E-state index in [9.17, 15) is 0 Å². The van der Waals surface area contributed by atoms with E-state index >= 15 is 0 Å². The predicted molar refractivity (Wildman–Crippen MR) is 38.4 cm³/mol. The fraction of sp³-hybridized carbons (Fsp3) is 1.00. The van der Waals surface area contributed by atoms with Crippen LogP contribution in [-0.4, -0.2) is 10.00 Å². The van der Waals surface area contributed by atoms with Crippen molar-refractivity contribution in [2.24, 2.45) is 17.3 Å². The average molecular weight is 138 g/mol. The van der Waals surface area contributed by atoms with E-state index in [2.05, 4.69) is 18.7 Å². The molecule has 4 aliphatic rings. The molecule has 1 heteroatoms. The quantitative estimate of drug-likeness (QED) is 0.461. The van der Waals surface area contributed by atoms with E-state index in [1.54, 1.807) is 12.8 Å². The number of thioether (sulfide) groups is 1. The van der Waals surface area contributed by atoms with Crippen molar-refractivity contribution in [3.63, 3.8) is 0 Å². The summed E-state index contributed by atoms with van der Waals surface area (Å²) in [6, 6.07) is 0. The van der Waals surface area contributed by atoms with Crippen molar-refractivity contribution in [2.75, 3.05) is 0 Å². The second-order valence-corrected chi connectivity index (χ2v) is 6.00. The Bertz CT molecular complexity index is 223.